The van der Waals surface area contributed by atoms with Gasteiger partial charge in [-0.15, -0.1) is 0 Å². The van der Waals surface area contributed by atoms with Gasteiger partial charge in [0.25, 0.3) is 10.0 Å². The second-order valence-corrected chi connectivity index (χ2v) is 10.00. The van der Waals surface area contributed by atoms with E-state index in [1.54, 1.807) is 18.2 Å². The van der Waals surface area contributed by atoms with E-state index in [2.05, 4.69) is 5.32 Å². The quantitative estimate of drug-likeness (QED) is 0.446. The normalized spacial score (nSPS) is 11.2. The third-order valence-electron chi connectivity index (χ3n) is 5.22. The van der Waals surface area contributed by atoms with Gasteiger partial charge in [-0.2, -0.15) is 0 Å². The predicted octanol–water partition coefficient (Wildman–Crippen LogP) is 4.66. The van der Waals surface area contributed by atoms with Crippen molar-refractivity contribution in [1.29, 1.82) is 0 Å². The van der Waals surface area contributed by atoms with Crippen LogP contribution in [-0.4, -0.2) is 34.0 Å². The minimum atomic E-state index is -3.98. The summed E-state index contributed by atoms with van der Waals surface area (Å²) in [4.78, 5) is 12.7. The molecule has 0 unspecified atom stereocenters. The zero-order valence-electron chi connectivity index (χ0n) is 18.8. The average molecular weight is 487 g/mol. The van der Waals surface area contributed by atoms with Crippen molar-refractivity contribution in [3.05, 3.63) is 88.4 Å². The summed E-state index contributed by atoms with van der Waals surface area (Å²) in [5, 5.41) is 3.17. The third-order valence-corrected chi connectivity index (χ3v) is 7.26. The molecule has 0 radical (unpaired) electrons. The molecule has 174 valence electrons. The SMILES string of the molecule is Cc1cccc(N(CC(=O)NCCOc2cccc(C)c2C)S(=O)(=O)c2ccc(Cl)cc2)c1. The van der Waals surface area contributed by atoms with Crippen molar-refractivity contribution in [2.24, 2.45) is 0 Å². The van der Waals surface area contributed by atoms with Crippen LogP contribution in [0.25, 0.3) is 0 Å². The zero-order valence-corrected chi connectivity index (χ0v) is 20.4. The molecule has 3 aromatic rings. The molecule has 1 N–H and O–H groups in total. The Labute approximate surface area is 200 Å². The van der Waals surface area contributed by atoms with Gasteiger partial charge in [0.15, 0.2) is 0 Å². The van der Waals surface area contributed by atoms with Crippen LogP contribution < -0.4 is 14.4 Å². The molecule has 0 aliphatic rings. The number of benzene rings is 3. The number of nitrogens with zero attached hydrogens (tertiary/aromatic N) is 1. The van der Waals surface area contributed by atoms with Gasteiger partial charge in [-0.05, 0) is 79.9 Å². The number of sulfonamides is 1. The molecule has 3 aromatic carbocycles. The molecular weight excluding hydrogens is 460 g/mol. The summed E-state index contributed by atoms with van der Waals surface area (Å²) >= 11 is 5.91. The maximum Gasteiger partial charge on any atom is 0.264 e. The third kappa shape index (κ3) is 6.27. The number of anilines is 1. The average Bonchev–Trinajstić information content (AvgIpc) is 2.78. The number of aryl methyl sites for hydroxylation is 2. The van der Waals surface area contributed by atoms with Gasteiger partial charge in [0.2, 0.25) is 5.91 Å². The van der Waals surface area contributed by atoms with E-state index in [9.17, 15) is 13.2 Å². The second-order valence-electron chi connectivity index (χ2n) is 7.70. The Morgan fingerprint density at radius 2 is 1.70 bits per heavy atom. The molecule has 0 atom stereocenters. The highest BCUT2D eigenvalue weighted by Gasteiger charge is 2.27. The van der Waals surface area contributed by atoms with Crippen molar-refractivity contribution in [3.63, 3.8) is 0 Å². The first kappa shape index (κ1) is 24.6. The van der Waals surface area contributed by atoms with E-state index in [1.165, 1.54) is 24.3 Å². The van der Waals surface area contributed by atoms with E-state index < -0.39 is 15.9 Å². The topological polar surface area (TPSA) is 75.7 Å². The van der Waals surface area contributed by atoms with Crippen LogP contribution in [0.5, 0.6) is 5.75 Å². The lowest BCUT2D eigenvalue weighted by Gasteiger charge is -2.24. The van der Waals surface area contributed by atoms with Crippen molar-refractivity contribution in [1.82, 2.24) is 5.32 Å². The van der Waals surface area contributed by atoms with Gasteiger partial charge < -0.3 is 10.1 Å². The van der Waals surface area contributed by atoms with Gasteiger partial charge >= 0.3 is 0 Å². The van der Waals surface area contributed by atoms with Crippen LogP contribution in [0.3, 0.4) is 0 Å². The fourth-order valence-electron chi connectivity index (χ4n) is 3.25. The summed E-state index contributed by atoms with van der Waals surface area (Å²) in [7, 11) is -3.98. The van der Waals surface area contributed by atoms with Crippen LogP contribution in [0.2, 0.25) is 5.02 Å². The Hall–Kier alpha value is -3.03. The summed E-state index contributed by atoms with van der Waals surface area (Å²) in [5.74, 6) is 0.328. The van der Waals surface area contributed by atoms with Crippen LogP contribution >= 0.6 is 11.6 Å². The second kappa shape index (κ2) is 10.7. The molecule has 33 heavy (non-hydrogen) atoms. The number of halogens is 1. The molecule has 3 rings (SSSR count). The molecule has 0 aliphatic carbocycles. The molecule has 0 fully saturated rings. The van der Waals surface area contributed by atoms with E-state index in [0.717, 1.165) is 26.7 Å². The van der Waals surface area contributed by atoms with Crippen LogP contribution in [0, 0.1) is 20.8 Å². The molecule has 0 saturated heterocycles. The summed E-state index contributed by atoms with van der Waals surface area (Å²) in [6.45, 7) is 5.99. The van der Waals surface area contributed by atoms with Gasteiger partial charge in [-0.25, -0.2) is 8.42 Å². The molecule has 0 heterocycles. The van der Waals surface area contributed by atoms with E-state index in [-0.39, 0.29) is 24.6 Å². The van der Waals surface area contributed by atoms with Gasteiger partial charge in [0.05, 0.1) is 17.1 Å². The number of ether oxygens (including phenoxy) is 1. The Kier molecular flexibility index (Phi) is 8.00. The number of carbonyl (C=O) groups excluding carboxylic acids is 1. The molecule has 0 spiro atoms. The van der Waals surface area contributed by atoms with Crippen LogP contribution in [0.15, 0.2) is 71.6 Å². The van der Waals surface area contributed by atoms with E-state index in [0.29, 0.717) is 10.7 Å². The molecule has 0 aromatic heterocycles. The lowest BCUT2D eigenvalue weighted by molar-refractivity contribution is -0.119. The fraction of sp³-hybridized carbons (Fsp3) is 0.240. The Bertz CT molecular complexity index is 1230. The van der Waals surface area contributed by atoms with Gasteiger partial charge in [0.1, 0.15) is 18.9 Å². The van der Waals surface area contributed by atoms with Crippen molar-refractivity contribution < 1.29 is 17.9 Å². The van der Waals surface area contributed by atoms with Gasteiger partial charge in [-0.3, -0.25) is 9.10 Å². The summed E-state index contributed by atoms with van der Waals surface area (Å²) in [5.41, 5.74) is 3.46. The Morgan fingerprint density at radius 3 is 2.39 bits per heavy atom. The predicted molar refractivity (Wildman–Crippen MR) is 132 cm³/mol. The molecule has 0 saturated carbocycles. The van der Waals surface area contributed by atoms with Crippen molar-refractivity contribution in [2.75, 3.05) is 24.0 Å². The standard InChI is InChI=1S/C25H27ClN2O4S/c1-18-6-4-8-22(16-18)28(33(30,31)23-12-10-21(26)11-13-23)17-25(29)27-14-15-32-24-9-5-7-19(2)20(24)3/h4-13,16H,14-15,17H2,1-3H3,(H,27,29). The smallest absolute Gasteiger partial charge is 0.264 e. The maximum atomic E-state index is 13.4. The number of hydrogen-bond donors (Lipinski definition) is 1. The first-order chi connectivity index (χ1) is 15.7. The van der Waals surface area contributed by atoms with Crippen LogP contribution in [-0.2, 0) is 14.8 Å². The molecule has 6 nitrogen and oxygen atoms in total. The Morgan fingerprint density at radius 1 is 1.00 bits per heavy atom. The molecule has 1 amide bonds. The highest BCUT2D eigenvalue weighted by Crippen LogP contribution is 2.25. The Balaban J connectivity index is 1.71. The lowest BCUT2D eigenvalue weighted by atomic mass is 10.1. The van der Waals surface area contributed by atoms with Crippen molar-refractivity contribution >= 4 is 33.2 Å². The summed E-state index contributed by atoms with van der Waals surface area (Å²) in [6, 6.07) is 18.7. The van der Waals surface area contributed by atoms with E-state index >= 15 is 0 Å². The zero-order chi connectivity index (χ0) is 24.0. The van der Waals surface area contributed by atoms with Gasteiger partial charge in [-0.1, -0.05) is 35.9 Å². The highest BCUT2D eigenvalue weighted by atomic mass is 35.5. The number of amides is 1. The minimum absolute atomic E-state index is 0.0551. The van der Waals surface area contributed by atoms with Crippen molar-refractivity contribution in [3.8, 4) is 5.75 Å². The first-order valence-corrected chi connectivity index (χ1v) is 12.3. The number of rotatable bonds is 9. The van der Waals surface area contributed by atoms with E-state index in [4.69, 9.17) is 16.3 Å². The fourth-order valence-corrected chi connectivity index (χ4v) is 4.79. The summed E-state index contributed by atoms with van der Waals surface area (Å²) in [6.07, 6.45) is 0. The molecule has 8 heteroatoms. The maximum absolute atomic E-state index is 13.4. The monoisotopic (exact) mass is 486 g/mol. The first-order valence-electron chi connectivity index (χ1n) is 10.5. The largest absolute Gasteiger partial charge is 0.491 e. The molecule has 0 bridgehead atoms. The highest BCUT2D eigenvalue weighted by molar-refractivity contribution is 7.92. The minimum Gasteiger partial charge on any atom is -0.491 e. The number of hydrogen-bond acceptors (Lipinski definition) is 4. The lowest BCUT2D eigenvalue weighted by Crippen LogP contribution is -2.42. The van der Waals surface area contributed by atoms with E-state index in [1.807, 2.05) is 45.0 Å². The molecule has 0 aliphatic heterocycles. The number of carbonyl (C=O) groups is 1. The van der Waals surface area contributed by atoms with Gasteiger partial charge in [0, 0.05) is 5.02 Å². The van der Waals surface area contributed by atoms with Crippen molar-refractivity contribution in [2.45, 2.75) is 25.7 Å². The number of nitrogens with one attached hydrogen (secondary N) is 1. The van der Waals surface area contributed by atoms with Crippen LogP contribution in [0.4, 0.5) is 5.69 Å². The van der Waals surface area contributed by atoms with Crippen LogP contribution in [0.1, 0.15) is 16.7 Å². The molecular formula is C25H27ClN2O4S. The summed E-state index contributed by atoms with van der Waals surface area (Å²) < 4.78 is 33.6.